The van der Waals surface area contributed by atoms with Gasteiger partial charge < -0.3 is 15.5 Å². The fraction of sp³-hybridized carbons (Fsp3) is 0.480. The molecule has 2 N–H and O–H groups in total. The molecule has 1 unspecified atom stereocenters. The van der Waals surface area contributed by atoms with Gasteiger partial charge in [0.15, 0.2) is 5.96 Å². The van der Waals surface area contributed by atoms with Gasteiger partial charge in [0.2, 0.25) is 0 Å². The van der Waals surface area contributed by atoms with Crippen molar-refractivity contribution in [3.8, 4) is 0 Å². The molecule has 2 aromatic carbocycles. The minimum atomic E-state index is 0. The third-order valence-corrected chi connectivity index (χ3v) is 5.90. The SMILES string of the molecule is CCNC(=NCC(C)N1CCN(C)CC1)NCC(c1ccccc1)c1ccccc1.I. The van der Waals surface area contributed by atoms with E-state index in [0.717, 1.165) is 51.8 Å². The number of piperazine rings is 1. The number of benzene rings is 2. The summed E-state index contributed by atoms with van der Waals surface area (Å²) in [4.78, 5) is 9.85. The molecule has 2 aromatic rings. The monoisotopic (exact) mass is 535 g/mol. The van der Waals surface area contributed by atoms with Gasteiger partial charge in [-0.2, -0.15) is 0 Å². The largest absolute Gasteiger partial charge is 0.357 e. The Labute approximate surface area is 205 Å². The summed E-state index contributed by atoms with van der Waals surface area (Å²) >= 11 is 0. The zero-order valence-electron chi connectivity index (χ0n) is 19.1. The molecule has 0 bridgehead atoms. The third-order valence-electron chi connectivity index (χ3n) is 5.90. The molecule has 0 aliphatic carbocycles. The lowest BCUT2D eigenvalue weighted by Gasteiger charge is -2.35. The molecule has 0 spiro atoms. The maximum absolute atomic E-state index is 4.91. The Hall–Kier alpha value is -1.64. The van der Waals surface area contributed by atoms with Crippen LogP contribution < -0.4 is 10.6 Å². The van der Waals surface area contributed by atoms with Crippen LogP contribution in [0.25, 0.3) is 0 Å². The minimum absolute atomic E-state index is 0. The number of nitrogens with one attached hydrogen (secondary N) is 2. The van der Waals surface area contributed by atoms with Gasteiger partial charge in [0.25, 0.3) is 0 Å². The van der Waals surface area contributed by atoms with Crippen molar-refractivity contribution in [2.75, 3.05) is 52.9 Å². The van der Waals surface area contributed by atoms with E-state index < -0.39 is 0 Å². The van der Waals surface area contributed by atoms with Gasteiger partial charge in [-0.25, -0.2) is 0 Å². The Balaban J connectivity index is 0.00000341. The summed E-state index contributed by atoms with van der Waals surface area (Å²) in [5.74, 6) is 1.18. The Morgan fingerprint density at radius 2 is 1.45 bits per heavy atom. The van der Waals surface area contributed by atoms with Crippen molar-refractivity contribution in [2.24, 2.45) is 4.99 Å². The first kappa shape index (κ1) is 25.6. The Morgan fingerprint density at radius 1 is 0.903 bits per heavy atom. The zero-order chi connectivity index (χ0) is 21.2. The molecule has 3 rings (SSSR count). The van der Waals surface area contributed by atoms with Crippen LogP contribution in [0.15, 0.2) is 65.7 Å². The van der Waals surface area contributed by atoms with Crippen LogP contribution in [-0.4, -0.2) is 74.7 Å². The molecule has 6 heteroatoms. The van der Waals surface area contributed by atoms with Gasteiger partial charge >= 0.3 is 0 Å². The molecule has 1 fully saturated rings. The molecule has 0 aromatic heterocycles. The highest BCUT2D eigenvalue weighted by atomic mass is 127. The number of rotatable bonds is 8. The molecule has 31 heavy (non-hydrogen) atoms. The van der Waals surface area contributed by atoms with E-state index >= 15 is 0 Å². The van der Waals surface area contributed by atoms with Crippen molar-refractivity contribution in [3.05, 3.63) is 71.8 Å². The van der Waals surface area contributed by atoms with Crippen LogP contribution in [0.3, 0.4) is 0 Å². The van der Waals surface area contributed by atoms with Gasteiger partial charge in [-0.1, -0.05) is 60.7 Å². The fourth-order valence-electron chi connectivity index (χ4n) is 3.94. The van der Waals surface area contributed by atoms with Crippen molar-refractivity contribution >= 4 is 29.9 Å². The molecular weight excluding hydrogens is 497 g/mol. The van der Waals surface area contributed by atoms with Crippen molar-refractivity contribution in [1.82, 2.24) is 20.4 Å². The van der Waals surface area contributed by atoms with Crippen LogP contribution in [0.4, 0.5) is 0 Å². The smallest absolute Gasteiger partial charge is 0.191 e. The summed E-state index contributed by atoms with van der Waals surface area (Å²) in [5, 5.41) is 7.01. The van der Waals surface area contributed by atoms with E-state index in [1.54, 1.807) is 0 Å². The Morgan fingerprint density at radius 3 is 1.97 bits per heavy atom. The van der Waals surface area contributed by atoms with Crippen molar-refractivity contribution in [1.29, 1.82) is 0 Å². The zero-order valence-corrected chi connectivity index (χ0v) is 21.5. The van der Waals surface area contributed by atoms with Crippen LogP contribution in [-0.2, 0) is 0 Å². The lowest BCUT2D eigenvalue weighted by atomic mass is 9.91. The molecule has 0 saturated carbocycles. The molecule has 1 aliphatic heterocycles. The predicted molar refractivity (Wildman–Crippen MR) is 143 cm³/mol. The Bertz CT molecular complexity index is 720. The lowest BCUT2D eigenvalue weighted by Crippen LogP contribution is -2.49. The highest BCUT2D eigenvalue weighted by molar-refractivity contribution is 14.0. The molecular formula is C25H38IN5. The van der Waals surface area contributed by atoms with Gasteiger partial charge in [0.1, 0.15) is 0 Å². The van der Waals surface area contributed by atoms with E-state index in [0.29, 0.717) is 6.04 Å². The number of nitrogens with zero attached hydrogens (tertiary/aromatic N) is 3. The average Bonchev–Trinajstić information content (AvgIpc) is 2.79. The van der Waals surface area contributed by atoms with Crippen LogP contribution in [0.5, 0.6) is 0 Å². The van der Waals surface area contributed by atoms with Crippen LogP contribution in [0.1, 0.15) is 30.9 Å². The highest BCUT2D eigenvalue weighted by Crippen LogP contribution is 2.23. The van der Waals surface area contributed by atoms with E-state index in [2.05, 4.69) is 102 Å². The molecule has 170 valence electrons. The van der Waals surface area contributed by atoms with Gasteiger partial charge in [-0.15, -0.1) is 24.0 Å². The average molecular weight is 536 g/mol. The topological polar surface area (TPSA) is 42.9 Å². The summed E-state index contributed by atoms with van der Waals surface area (Å²) < 4.78 is 0. The quantitative estimate of drug-likeness (QED) is 0.308. The highest BCUT2D eigenvalue weighted by Gasteiger charge is 2.19. The minimum Gasteiger partial charge on any atom is -0.357 e. The summed E-state index contributed by atoms with van der Waals surface area (Å²) in [6.07, 6.45) is 0. The van der Waals surface area contributed by atoms with Crippen LogP contribution >= 0.6 is 24.0 Å². The number of guanidine groups is 1. The summed E-state index contributed by atoms with van der Waals surface area (Å²) in [5.41, 5.74) is 2.63. The number of hydrogen-bond acceptors (Lipinski definition) is 3. The van der Waals surface area contributed by atoms with Crippen molar-refractivity contribution < 1.29 is 0 Å². The van der Waals surface area contributed by atoms with Crippen molar-refractivity contribution in [2.45, 2.75) is 25.8 Å². The molecule has 1 atom stereocenters. The maximum atomic E-state index is 4.91. The molecule has 0 amide bonds. The lowest BCUT2D eigenvalue weighted by molar-refractivity contribution is 0.122. The van der Waals surface area contributed by atoms with E-state index in [-0.39, 0.29) is 29.9 Å². The van der Waals surface area contributed by atoms with Crippen LogP contribution in [0, 0.1) is 0 Å². The predicted octanol–water partition coefficient (Wildman–Crippen LogP) is 3.63. The molecule has 1 aliphatic rings. The number of hydrogen-bond donors (Lipinski definition) is 2. The number of likely N-dealkylation sites (N-methyl/N-ethyl adjacent to an activating group) is 1. The number of halogens is 1. The maximum Gasteiger partial charge on any atom is 0.191 e. The normalized spacial score (nSPS) is 16.6. The molecule has 0 radical (unpaired) electrons. The summed E-state index contributed by atoms with van der Waals surface area (Å²) in [6.45, 7) is 11.4. The van der Waals surface area contributed by atoms with Gasteiger partial charge in [0, 0.05) is 51.2 Å². The third kappa shape index (κ3) is 8.09. The van der Waals surface area contributed by atoms with E-state index in [9.17, 15) is 0 Å². The van der Waals surface area contributed by atoms with Gasteiger partial charge in [-0.3, -0.25) is 9.89 Å². The molecule has 1 heterocycles. The van der Waals surface area contributed by atoms with Crippen LogP contribution in [0.2, 0.25) is 0 Å². The first-order valence-electron chi connectivity index (χ1n) is 11.2. The second kappa shape index (κ2) is 13.7. The number of aliphatic imine (C=N–C) groups is 1. The summed E-state index contributed by atoms with van der Waals surface area (Å²) in [6, 6.07) is 21.9. The van der Waals surface area contributed by atoms with Gasteiger partial charge in [-0.05, 0) is 32.0 Å². The fourth-order valence-corrected chi connectivity index (χ4v) is 3.94. The van der Waals surface area contributed by atoms with E-state index in [1.807, 2.05) is 0 Å². The van der Waals surface area contributed by atoms with E-state index in [4.69, 9.17) is 4.99 Å². The van der Waals surface area contributed by atoms with Gasteiger partial charge in [0.05, 0.1) is 6.54 Å². The second-order valence-corrected chi connectivity index (χ2v) is 8.16. The van der Waals surface area contributed by atoms with Crippen molar-refractivity contribution in [3.63, 3.8) is 0 Å². The first-order valence-corrected chi connectivity index (χ1v) is 11.2. The Kier molecular flexibility index (Phi) is 11.3. The molecule has 5 nitrogen and oxygen atoms in total. The first-order chi connectivity index (χ1) is 14.7. The standard InChI is InChI=1S/C25H37N5.HI/c1-4-26-25(27-19-21(2)30-17-15-29(3)16-18-30)28-20-24(22-11-7-5-8-12-22)23-13-9-6-10-14-23;/h5-14,21,24H,4,15-20H2,1-3H3,(H2,26,27,28);1H. The molecule has 1 saturated heterocycles. The second-order valence-electron chi connectivity index (χ2n) is 8.16. The van der Waals surface area contributed by atoms with E-state index in [1.165, 1.54) is 11.1 Å². The summed E-state index contributed by atoms with van der Waals surface area (Å²) in [7, 11) is 2.20.